The van der Waals surface area contributed by atoms with E-state index in [0.29, 0.717) is 11.1 Å². The van der Waals surface area contributed by atoms with Gasteiger partial charge in [0.15, 0.2) is 11.6 Å². The Kier molecular flexibility index (Phi) is 7.84. The number of carbonyl (C=O) groups excluding carboxylic acids is 2. The van der Waals surface area contributed by atoms with E-state index < -0.39 is 37.6 Å². The lowest BCUT2D eigenvalue weighted by Crippen LogP contribution is -2.15. The maximum Gasteiger partial charge on any atom is 0.295 e. The highest BCUT2D eigenvalue weighted by Gasteiger charge is 2.24. The molecule has 10 heteroatoms. The van der Waals surface area contributed by atoms with Crippen LogP contribution in [-0.2, 0) is 33.1 Å². The van der Waals surface area contributed by atoms with E-state index in [-0.39, 0.29) is 10.5 Å². The third kappa shape index (κ3) is 6.27. The van der Waals surface area contributed by atoms with E-state index in [1.807, 2.05) is 48.5 Å². The fraction of sp³-hybridized carbons (Fsp3) is 0.0857. The molecule has 2 aliphatic rings. The average molecular weight is 639 g/mol. The summed E-state index contributed by atoms with van der Waals surface area (Å²) < 4.78 is 62.7. The van der Waals surface area contributed by atoms with Crippen LogP contribution >= 0.6 is 0 Å². The van der Waals surface area contributed by atoms with Crippen molar-refractivity contribution in [1.82, 2.24) is 0 Å². The highest BCUT2D eigenvalue weighted by atomic mass is 32.2. The quantitative estimate of drug-likeness (QED) is 0.165. The van der Waals surface area contributed by atoms with Crippen LogP contribution in [0.2, 0.25) is 0 Å². The van der Waals surface area contributed by atoms with Crippen LogP contribution < -0.4 is 0 Å². The van der Waals surface area contributed by atoms with Crippen molar-refractivity contribution in [3.05, 3.63) is 148 Å². The van der Waals surface area contributed by atoms with Gasteiger partial charge in [-0.15, -0.1) is 0 Å². The summed E-state index contributed by atoms with van der Waals surface area (Å²) in [5.74, 6) is -1.89. The molecule has 0 heterocycles. The standard InChI is InChI=1S/C20H14O4S.C15H12O4S/c21-20(18-7-3-4-8-19(18)25(22,23)24)14-9-10-17-15(12-14)11-13-5-1-2-6-16(13)17;16-15(9-20(17,18)19)11-5-6-14-12(8-11)7-10-3-1-2-4-13(10)14/h1-10,12H,11H2,(H,22,23,24);1-6,8H,7,9H2,(H,17,18,19). The zero-order valence-corrected chi connectivity index (χ0v) is 25.3. The van der Waals surface area contributed by atoms with E-state index in [2.05, 4.69) is 12.1 Å². The van der Waals surface area contributed by atoms with Crippen molar-refractivity contribution in [1.29, 1.82) is 0 Å². The number of Topliss-reactive ketones (excluding diaryl/α,β-unsaturated/α-hetero) is 1. The normalized spacial score (nSPS) is 12.7. The molecule has 2 N–H and O–H groups in total. The molecular weight excluding hydrogens is 613 g/mol. The number of hydrogen-bond donors (Lipinski definition) is 2. The highest BCUT2D eigenvalue weighted by molar-refractivity contribution is 7.86. The molecule has 0 amide bonds. The van der Waals surface area contributed by atoms with Gasteiger partial charge in [0, 0.05) is 16.7 Å². The third-order valence-electron chi connectivity index (χ3n) is 7.89. The van der Waals surface area contributed by atoms with Crippen LogP contribution in [0.4, 0.5) is 0 Å². The molecule has 0 aliphatic heterocycles. The summed E-state index contributed by atoms with van der Waals surface area (Å²) in [7, 11) is -8.75. The van der Waals surface area contributed by atoms with E-state index >= 15 is 0 Å². The number of benzene rings is 5. The predicted molar refractivity (Wildman–Crippen MR) is 170 cm³/mol. The summed E-state index contributed by atoms with van der Waals surface area (Å²) in [5.41, 5.74) is 9.62. The lowest BCUT2D eigenvalue weighted by molar-refractivity contribution is 0.101. The molecule has 0 unspecified atom stereocenters. The minimum Gasteiger partial charge on any atom is -0.293 e. The van der Waals surface area contributed by atoms with Crippen molar-refractivity contribution in [3.8, 4) is 22.3 Å². The molecule has 0 aromatic heterocycles. The summed E-state index contributed by atoms with van der Waals surface area (Å²) >= 11 is 0. The summed E-state index contributed by atoms with van der Waals surface area (Å²) in [6, 6.07) is 32.3. The van der Waals surface area contributed by atoms with Gasteiger partial charge >= 0.3 is 0 Å². The van der Waals surface area contributed by atoms with Gasteiger partial charge in [0.2, 0.25) is 0 Å². The number of ketones is 2. The van der Waals surface area contributed by atoms with Gasteiger partial charge in [0.05, 0.1) is 0 Å². The van der Waals surface area contributed by atoms with Crippen molar-refractivity contribution >= 4 is 31.8 Å². The largest absolute Gasteiger partial charge is 0.295 e. The highest BCUT2D eigenvalue weighted by Crippen LogP contribution is 2.38. The molecule has 0 spiro atoms. The maximum absolute atomic E-state index is 12.8. The molecule has 0 bridgehead atoms. The monoisotopic (exact) mass is 638 g/mol. The lowest BCUT2D eigenvalue weighted by atomic mass is 9.98. The second kappa shape index (κ2) is 11.6. The maximum atomic E-state index is 12.8. The molecule has 45 heavy (non-hydrogen) atoms. The first-order valence-electron chi connectivity index (χ1n) is 13.9. The number of fused-ring (bicyclic) bond motifs is 6. The zero-order chi connectivity index (χ0) is 31.9. The summed E-state index contributed by atoms with van der Waals surface area (Å²) in [4.78, 5) is 24.2. The van der Waals surface area contributed by atoms with E-state index in [1.54, 1.807) is 30.3 Å². The number of hydrogen-bond acceptors (Lipinski definition) is 6. The number of rotatable bonds is 6. The molecule has 226 valence electrons. The Bertz CT molecular complexity index is 2240. The topological polar surface area (TPSA) is 143 Å². The average Bonchev–Trinajstić information content (AvgIpc) is 3.57. The minimum atomic E-state index is -4.46. The van der Waals surface area contributed by atoms with Gasteiger partial charge < -0.3 is 0 Å². The van der Waals surface area contributed by atoms with Crippen LogP contribution in [0.15, 0.2) is 114 Å². The van der Waals surface area contributed by atoms with Crippen molar-refractivity contribution in [2.24, 2.45) is 0 Å². The smallest absolute Gasteiger partial charge is 0.293 e. The predicted octanol–water partition coefficient (Wildman–Crippen LogP) is 6.06. The third-order valence-corrected chi connectivity index (χ3v) is 9.43. The number of carbonyl (C=O) groups is 2. The molecule has 0 radical (unpaired) electrons. The summed E-state index contributed by atoms with van der Waals surface area (Å²) in [6.07, 6.45) is 1.48. The van der Waals surface area contributed by atoms with Crippen molar-refractivity contribution < 1.29 is 35.5 Å². The lowest BCUT2D eigenvalue weighted by Gasteiger charge is -2.08. The van der Waals surface area contributed by atoms with Gasteiger partial charge in [0.25, 0.3) is 20.2 Å². The van der Waals surface area contributed by atoms with Crippen LogP contribution in [0.25, 0.3) is 22.3 Å². The van der Waals surface area contributed by atoms with Crippen LogP contribution in [0.5, 0.6) is 0 Å². The Hall–Kier alpha value is -4.74. The Morgan fingerprint density at radius 1 is 0.556 bits per heavy atom. The first-order valence-corrected chi connectivity index (χ1v) is 17.0. The fourth-order valence-corrected chi connectivity index (χ4v) is 7.08. The van der Waals surface area contributed by atoms with Gasteiger partial charge in [-0.1, -0.05) is 84.9 Å². The van der Waals surface area contributed by atoms with Crippen LogP contribution in [0.1, 0.15) is 48.5 Å². The van der Waals surface area contributed by atoms with E-state index in [1.165, 1.54) is 29.3 Å². The molecule has 8 nitrogen and oxygen atoms in total. The molecule has 0 atom stereocenters. The molecule has 7 rings (SSSR count). The Morgan fingerprint density at radius 3 is 1.58 bits per heavy atom. The van der Waals surface area contributed by atoms with Gasteiger partial charge in [-0.05, 0) is 81.6 Å². The molecule has 0 fully saturated rings. The van der Waals surface area contributed by atoms with Crippen molar-refractivity contribution in [2.75, 3.05) is 5.75 Å². The molecule has 5 aromatic carbocycles. The Morgan fingerprint density at radius 2 is 1.02 bits per heavy atom. The summed E-state index contributed by atoms with van der Waals surface area (Å²) in [5, 5.41) is 0. The first kappa shape index (κ1) is 30.3. The van der Waals surface area contributed by atoms with Crippen molar-refractivity contribution in [3.63, 3.8) is 0 Å². The van der Waals surface area contributed by atoms with Crippen LogP contribution in [-0.4, -0.2) is 43.3 Å². The van der Waals surface area contributed by atoms with Gasteiger partial charge in [-0.2, -0.15) is 16.8 Å². The SMILES string of the molecule is O=C(CS(=O)(=O)O)c1ccc2c(c1)Cc1ccccc1-2.O=C(c1ccc2c(c1)Cc1ccccc1-2)c1ccccc1S(=O)(=O)O. The van der Waals surface area contributed by atoms with Crippen LogP contribution in [0.3, 0.4) is 0 Å². The molecule has 2 aliphatic carbocycles. The molecule has 0 saturated carbocycles. The zero-order valence-electron chi connectivity index (χ0n) is 23.7. The summed E-state index contributed by atoms with van der Waals surface area (Å²) in [6.45, 7) is 0. The van der Waals surface area contributed by atoms with Crippen LogP contribution in [0, 0.1) is 0 Å². The second-order valence-electron chi connectivity index (χ2n) is 10.9. The van der Waals surface area contributed by atoms with E-state index in [4.69, 9.17) is 4.55 Å². The van der Waals surface area contributed by atoms with Gasteiger partial charge in [-0.3, -0.25) is 18.7 Å². The first-order chi connectivity index (χ1) is 21.4. The van der Waals surface area contributed by atoms with E-state index in [0.717, 1.165) is 46.2 Å². The minimum absolute atomic E-state index is 0.0274. The van der Waals surface area contributed by atoms with Gasteiger partial charge in [0.1, 0.15) is 10.6 Å². The molecule has 5 aromatic rings. The fourth-order valence-electron chi connectivity index (χ4n) is 5.89. The molecular formula is C35H26O8S2. The Balaban J connectivity index is 0.000000163. The van der Waals surface area contributed by atoms with E-state index in [9.17, 15) is 31.0 Å². The van der Waals surface area contributed by atoms with Gasteiger partial charge in [-0.25, -0.2) is 0 Å². The van der Waals surface area contributed by atoms with Crippen molar-refractivity contribution in [2.45, 2.75) is 17.7 Å². The Labute approximate surface area is 260 Å². The molecule has 0 saturated heterocycles. The second-order valence-corrected chi connectivity index (χ2v) is 13.7.